The molecule has 2 aromatic rings. The van der Waals surface area contributed by atoms with Crippen molar-refractivity contribution in [2.45, 2.75) is 114 Å². The molecule has 0 bridgehead atoms. The molecule has 2 aromatic carbocycles. The van der Waals surface area contributed by atoms with Crippen LogP contribution in [0.25, 0.3) is 0 Å². The van der Waals surface area contributed by atoms with E-state index in [1.54, 1.807) is 18.2 Å². The highest BCUT2D eigenvalue weighted by atomic mass is 19.1. The van der Waals surface area contributed by atoms with Crippen LogP contribution in [0, 0.1) is 11.6 Å². The molecule has 316 valence electrons. The van der Waals surface area contributed by atoms with Gasteiger partial charge in [0.1, 0.15) is 59.7 Å². The maximum Gasteiger partial charge on any atom is 0.329 e. The lowest BCUT2D eigenvalue weighted by Gasteiger charge is -2.39. The smallest absolute Gasteiger partial charge is 0.329 e. The van der Waals surface area contributed by atoms with E-state index >= 15 is 0 Å². The van der Waals surface area contributed by atoms with Gasteiger partial charge in [0.25, 0.3) is 0 Å². The number of carbonyl (C=O) groups excluding carboxylic acids is 7. The molecule has 5 heterocycles. The second-order valence-electron chi connectivity index (χ2n) is 15.8. The van der Waals surface area contributed by atoms with Crippen LogP contribution in [-0.4, -0.2) is 125 Å². The minimum absolute atomic E-state index is 0.0203. The summed E-state index contributed by atoms with van der Waals surface area (Å²) in [6.45, 7) is 4.00. The van der Waals surface area contributed by atoms with Gasteiger partial charge < -0.3 is 45.4 Å². The van der Waals surface area contributed by atoms with Crippen LogP contribution in [0.1, 0.15) is 69.9 Å². The number of esters is 1. The van der Waals surface area contributed by atoms with E-state index < -0.39 is 102 Å². The molecule has 0 aliphatic carbocycles. The fourth-order valence-electron chi connectivity index (χ4n) is 8.75. The van der Waals surface area contributed by atoms with Crippen molar-refractivity contribution in [2.75, 3.05) is 31.6 Å². The van der Waals surface area contributed by atoms with Gasteiger partial charge in [0.05, 0.1) is 6.61 Å². The number of nitrogens with one attached hydrogen (secondary N) is 4. The van der Waals surface area contributed by atoms with Crippen molar-refractivity contribution in [3.8, 4) is 5.75 Å². The number of rotatable bonds is 6. The van der Waals surface area contributed by atoms with Crippen molar-refractivity contribution in [3.63, 3.8) is 0 Å². The van der Waals surface area contributed by atoms with Crippen molar-refractivity contribution >= 4 is 47.2 Å². The van der Waals surface area contributed by atoms with Crippen molar-refractivity contribution in [1.82, 2.24) is 30.7 Å². The molecule has 4 fully saturated rings. The fraction of sp³-hybridized carbons (Fsp3) is 0.537. The Bertz CT molecular complexity index is 2000. The number of amides is 7. The van der Waals surface area contributed by atoms with Crippen LogP contribution in [0.3, 0.4) is 0 Å². The Morgan fingerprint density at radius 3 is 2.22 bits per heavy atom. The van der Waals surface area contributed by atoms with Crippen LogP contribution < -0.4 is 26.0 Å². The van der Waals surface area contributed by atoms with E-state index in [1.807, 2.05) is 0 Å². The third-order valence-electron chi connectivity index (χ3n) is 11.7. The molecule has 0 spiro atoms. The third-order valence-corrected chi connectivity index (χ3v) is 11.7. The van der Waals surface area contributed by atoms with Gasteiger partial charge in [0, 0.05) is 44.2 Å². The van der Waals surface area contributed by atoms with E-state index in [4.69, 9.17) is 9.47 Å². The van der Waals surface area contributed by atoms with Crippen LogP contribution in [0.2, 0.25) is 0 Å². The highest BCUT2D eigenvalue weighted by molar-refractivity contribution is 5.99. The first-order chi connectivity index (χ1) is 28.3. The summed E-state index contributed by atoms with van der Waals surface area (Å²) in [5.74, 6) is -5.17. The largest absolute Gasteiger partial charge is 0.493 e. The molecule has 0 aromatic heterocycles. The lowest BCUT2D eigenvalue weighted by molar-refractivity contribution is -0.163. The summed E-state index contributed by atoms with van der Waals surface area (Å²) in [5.41, 5.74) is 1.28. The molecule has 7 rings (SSSR count). The van der Waals surface area contributed by atoms with Gasteiger partial charge in [0.2, 0.25) is 29.5 Å². The zero-order chi connectivity index (χ0) is 42.0. The number of carbonyl (C=O) groups is 7. The molecule has 7 atom stereocenters. The zero-order valence-corrected chi connectivity index (χ0v) is 33.0. The van der Waals surface area contributed by atoms with Crippen LogP contribution in [-0.2, 0) is 46.3 Å². The second-order valence-corrected chi connectivity index (χ2v) is 15.8. The molecule has 7 amide bonds. The molecule has 18 heteroatoms. The predicted octanol–water partition coefficient (Wildman–Crippen LogP) is 1.93. The molecule has 59 heavy (non-hydrogen) atoms. The predicted molar refractivity (Wildman–Crippen MR) is 206 cm³/mol. The minimum Gasteiger partial charge on any atom is -0.493 e. The van der Waals surface area contributed by atoms with E-state index in [1.165, 1.54) is 28.5 Å². The minimum atomic E-state index is -1.62. The second kappa shape index (κ2) is 17.6. The first-order valence-electron chi connectivity index (χ1n) is 20.3. The van der Waals surface area contributed by atoms with Crippen molar-refractivity contribution in [1.29, 1.82) is 0 Å². The first kappa shape index (κ1) is 41.4. The van der Waals surface area contributed by atoms with Gasteiger partial charge in [-0.15, -0.1) is 0 Å². The normalized spacial score (nSPS) is 26.8. The maximum atomic E-state index is 14.7. The quantitative estimate of drug-likeness (QED) is 0.315. The Morgan fingerprint density at radius 1 is 0.814 bits per heavy atom. The van der Waals surface area contributed by atoms with Crippen molar-refractivity contribution in [2.24, 2.45) is 0 Å². The number of piperidine rings is 1. The van der Waals surface area contributed by atoms with E-state index in [0.29, 0.717) is 62.6 Å². The van der Waals surface area contributed by atoms with Gasteiger partial charge in [-0.2, -0.15) is 0 Å². The van der Waals surface area contributed by atoms with E-state index in [9.17, 15) is 42.3 Å². The van der Waals surface area contributed by atoms with Crippen molar-refractivity contribution < 1.29 is 51.8 Å². The lowest BCUT2D eigenvalue weighted by Crippen LogP contribution is -2.63. The molecule has 5 aliphatic heterocycles. The van der Waals surface area contributed by atoms with Gasteiger partial charge in [-0.25, -0.2) is 18.4 Å². The Hall–Kier alpha value is -5.81. The highest BCUT2D eigenvalue weighted by Crippen LogP contribution is 2.29. The molecule has 5 aliphatic rings. The number of ether oxygens (including phenoxy) is 2. The van der Waals surface area contributed by atoms with Gasteiger partial charge in [-0.1, -0.05) is 0 Å². The Kier molecular flexibility index (Phi) is 12.3. The number of hydrogen-bond acceptors (Lipinski definition) is 9. The zero-order valence-electron chi connectivity index (χ0n) is 33.0. The highest BCUT2D eigenvalue weighted by Gasteiger charge is 2.46. The van der Waals surface area contributed by atoms with Crippen LogP contribution in [0.4, 0.5) is 19.3 Å². The number of halogens is 2. The lowest BCUT2D eigenvalue weighted by atomic mass is 9.99. The van der Waals surface area contributed by atoms with Crippen LogP contribution >= 0.6 is 0 Å². The molecule has 0 radical (unpaired) electrons. The summed E-state index contributed by atoms with van der Waals surface area (Å²) < 4.78 is 40.1. The number of urea groups is 1. The summed E-state index contributed by atoms with van der Waals surface area (Å²) in [4.78, 5) is 102. The third kappa shape index (κ3) is 9.10. The molecular weight excluding hydrogens is 772 g/mol. The van der Waals surface area contributed by atoms with E-state index in [-0.39, 0.29) is 38.0 Å². The number of hydrogen-bond donors (Lipinski definition) is 4. The number of cyclic esters (lactones) is 1. The van der Waals surface area contributed by atoms with Crippen LogP contribution in [0.5, 0.6) is 5.75 Å². The summed E-state index contributed by atoms with van der Waals surface area (Å²) >= 11 is 0. The maximum absolute atomic E-state index is 14.7. The summed E-state index contributed by atoms with van der Waals surface area (Å²) in [6.07, 6.45) is 1.91. The number of fused-ring (bicyclic) bond motifs is 4. The monoisotopic (exact) mass is 821 g/mol. The van der Waals surface area contributed by atoms with Gasteiger partial charge in [0.15, 0.2) is 0 Å². The Morgan fingerprint density at radius 2 is 1.47 bits per heavy atom. The topological polar surface area (TPSA) is 196 Å². The molecular formula is C41H49F2N7O9. The standard InChI is InChI=1S/C41H49F2N7O9/c1-22-37(53)50-15-6-9-32(50)40(56)59-23(2)34(39(55)49-14-5-8-31(49)38(54)48-13-4-3-7-30(48)36(52)44-22)47-35(51)29(19-24-17-26(42)21-27(43)18-24)46-41(57)45-28-10-11-33-25(20-28)12-16-58-33/h10-11,17-18,20-23,29-32,34H,3-9,12-16,19H2,1-2H3,(H,44,52)(H,47,51)(H2,45,46,57)/t22-,23-,29-,30-,31-,32-,34-/m0/s1. The van der Waals surface area contributed by atoms with E-state index in [0.717, 1.165) is 17.7 Å². The summed E-state index contributed by atoms with van der Waals surface area (Å²) in [7, 11) is 0. The van der Waals surface area contributed by atoms with Gasteiger partial charge in [-0.05, 0) is 100 Å². The molecule has 16 nitrogen and oxygen atoms in total. The number of benzene rings is 2. The molecule has 0 saturated carbocycles. The van der Waals surface area contributed by atoms with Gasteiger partial charge in [-0.3, -0.25) is 24.0 Å². The fourth-order valence-corrected chi connectivity index (χ4v) is 8.75. The Balaban J connectivity index is 1.19. The van der Waals surface area contributed by atoms with Gasteiger partial charge >= 0.3 is 12.0 Å². The molecule has 0 unspecified atom stereocenters. The Labute approximate surface area is 339 Å². The summed E-state index contributed by atoms with van der Waals surface area (Å²) in [5, 5.41) is 10.6. The average Bonchev–Trinajstić information content (AvgIpc) is 3.99. The SMILES string of the molecule is C[C@@H]1NC(=O)[C@@H]2CCCCN2C(=O)[C@@H]2CCCN2C(=O)[C@@H](NC(=O)[C@H](Cc2cc(F)cc(F)c2)NC(=O)Nc2ccc3c(c2)CCO3)[C@H](C)OC(=O)[C@@H]2CCCN2C1=O. The molecule has 4 saturated heterocycles. The summed E-state index contributed by atoms with van der Waals surface area (Å²) in [6, 6.07) is -0.229. The van der Waals surface area contributed by atoms with E-state index in [2.05, 4.69) is 21.3 Å². The first-order valence-corrected chi connectivity index (χ1v) is 20.3. The number of nitrogens with zero attached hydrogens (tertiary/aromatic N) is 3. The molecule has 4 N–H and O–H groups in total. The average molecular weight is 822 g/mol. The number of anilines is 1. The van der Waals surface area contributed by atoms with Crippen molar-refractivity contribution in [3.05, 3.63) is 59.2 Å². The van der Waals surface area contributed by atoms with Crippen LogP contribution in [0.15, 0.2) is 36.4 Å².